The smallest absolute Gasteiger partial charge is 0.265 e. The molecule has 2 N–H and O–H groups in total. The molecular formula is C28H37N3O4S. The van der Waals surface area contributed by atoms with Gasteiger partial charge in [-0.15, -0.1) is 0 Å². The van der Waals surface area contributed by atoms with E-state index in [2.05, 4.69) is 24.5 Å². The molecule has 1 unspecified atom stereocenters. The Morgan fingerprint density at radius 3 is 2.28 bits per heavy atom. The molecule has 1 aliphatic heterocycles. The fourth-order valence-corrected chi connectivity index (χ4v) is 7.49. The van der Waals surface area contributed by atoms with Gasteiger partial charge in [0, 0.05) is 6.04 Å². The van der Waals surface area contributed by atoms with Gasteiger partial charge in [0.05, 0.1) is 22.7 Å². The molecule has 1 fully saturated rings. The first-order chi connectivity index (χ1) is 17.1. The molecule has 0 saturated heterocycles. The predicted molar refractivity (Wildman–Crippen MR) is 143 cm³/mol. The summed E-state index contributed by atoms with van der Waals surface area (Å²) in [6.07, 6.45) is 6.03. The van der Waals surface area contributed by atoms with Crippen molar-refractivity contribution in [1.29, 1.82) is 0 Å². The second-order valence-corrected chi connectivity index (χ2v) is 12.2. The molecule has 1 saturated carbocycles. The van der Waals surface area contributed by atoms with Gasteiger partial charge in [-0.3, -0.25) is 13.9 Å². The third kappa shape index (κ3) is 5.28. The summed E-state index contributed by atoms with van der Waals surface area (Å²) in [5, 5.41) is 5.88. The summed E-state index contributed by atoms with van der Waals surface area (Å²) < 4.78 is 29.7. The van der Waals surface area contributed by atoms with E-state index >= 15 is 0 Å². The van der Waals surface area contributed by atoms with E-state index in [1.807, 2.05) is 12.1 Å². The van der Waals surface area contributed by atoms with Gasteiger partial charge in [-0.2, -0.15) is 0 Å². The zero-order chi connectivity index (χ0) is 26.0. The molecule has 2 aromatic carbocycles. The van der Waals surface area contributed by atoms with Crippen LogP contribution in [0.1, 0.15) is 81.4 Å². The fourth-order valence-electron chi connectivity index (χ4n) is 5.44. The largest absolute Gasteiger partial charge is 0.353 e. The van der Waals surface area contributed by atoms with Crippen molar-refractivity contribution in [2.24, 2.45) is 0 Å². The summed E-state index contributed by atoms with van der Waals surface area (Å²) in [6.45, 7) is 7.71. The molecule has 0 aromatic heterocycles. The summed E-state index contributed by atoms with van der Waals surface area (Å²) in [5.74, 6) is -0.547. The minimum absolute atomic E-state index is 0.0667. The van der Waals surface area contributed by atoms with Gasteiger partial charge in [0.2, 0.25) is 11.8 Å². The molecule has 2 aliphatic rings. The lowest BCUT2D eigenvalue weighted by Gasteiger charge is -2.37. The van der Waals surface area contributed by atoms with E-state index in [-0.39, 0.29) is 29.2 Å². The molecule has 1 atom stereocenters. The van der Waals surface area contributed by atoms with Crippen LogP contribution in [0.15, 0.2) is 41.3 Å². The number of para-hydroxylation sites is 2. The van der Waals surface area contributed by atoms with Gasteiger partial charge in [0.1, 0.15) is 6.04 Å². The lowest BCUT2D eigenvalue weighted by molar-refractivity contribution is -0.125. The number of benzene rings is 2. The fraction of sp³-hybridized carbons (Fsp3) is 0.500. The molecular weight excluding hydrogens is 474 g/mol. The summed E-state index contributed by atoms with van der Waals surface area (Å²) in [5.41, 5.74) is 3.10. The normalized spacial score (nSPS) is 19.0. The molecule has 2 aromatic rings. The quantitative estimate of drug-likeness (QED) is 0.523. The number of amides is 2. The van der Waals surface area contributed by atoms with Crippen LogP contribution >= 0.6 is 0 Å². The number of carbonyl (C=O) groups excluding carboxylic acids is 2. The monoisotopic (exact) mass is 511 g/mol. The average molecular weight is 512 g/mol. The molecule has 1 aliphatic carbocycles. The minimum Gasteiger partial charge on any atom is -0.353 e. The number of rotatable bonds is 6. The number of sulfonamides is 1. The molecule has 4 rings (SSSR count). The summed E-state index contributed by atoms with van der Waals surface area (Å²) in [6, 6.07) is 9.52. The minimum atomic E-state index is -4.15. The molecule has 0 bridgehead atoms. The number of hydrogen-bond donors (Lipinski definition) is 2. The first-order valence-corrected chi connectivity index (χ1v) is 14.4. The van der Waals surface area contributed by atoms with Crippen molar-refractivity contribution in [2.75, 3.05) is 9.62 Å². The van der Waals surface area contributed by atoms with Crippen molar-refractivity contribution < 1.29 is 18.0 Å². The zero-order valence-electron chi connectivity index (χ0n) is 21.6. The van der Waals surface area contributed by atoms with Crippen LogP contribution < -0.4 is 14.9 Å². The van der Waals surface area contributed by atoms with Crippen LogP contribution in [0, 0.1) is 13.8 Å². The highest BCUT2D eigenvalue weighted by Crippen LogP contribution is 2.39. The Morgan fingerprint density at radius 1 is 1.06 bits per heavy atom. The third-order valence-corrected chi connectivity index (χ3v) is 9.38. The second-order valence-electron chi connectivity index (χ2n) is 10.4. The van der Waals surface area contributed by atoms with Gasteiger partial charge in [-0.05, 0) is 61.4 Å². The van der Waals surface area contributed by atoms with E-state index < -0.39 is 22.0 Å². The SMILES string of the molecule is Cc1cc(C(C)C)cc(C)c1S(=O)(=O)N1c2ccccc2NC(=O)C1CC(=O)NC1CCCCCC1. The molecule has 8 heteroatoms. The van der Waals surface area contributed by atoms with E-state index in [1.54, 1.807) is 38.1 Å². The topological polar surface area (TPSA) is 95.6 Å². The van der Waals surface area contributed by atoms with Crippen LogP contribution in [0.5, 0.6) is 0 Å². The van der Waals surface area contributed by atoms with Crippen molar-refractivity contribution in [3.63, 3.8) is 0 Å². The lowest BCUT2D eigenvalue weighted by Crippen LogP contribution is -2.53. The molecule has 36 heavy (non-hydrogen) atoms. The highest BCUT2D eigenvalue weighted by Gasteiger charge is 2.43. The first kappa shape index (κ1) is 26.2. The van der Waals surface area contributed by atoms with Gasteiger partial charge in [0.25, 0.3) is 10.0 Å². The Morgan fingerprint density at radius 2 is 1.67 bits per heavy atom. The van der Waals surface area contributed by atoms with E-state index in [0.29, 0.717) is 22.5 Å². The van der Waals surface area contributed by atoms with Crippen LogP contribution in [-0.2, 0) is 19.6 Å². The molecule has 1 heterocycles. The van der Waals surface area contributed by atoms with Crippen LogP contribution in [0.25, 0.3) is 0 Å². The van der Waals surface area contributed by atoms with Crippen molar-refractivity contribution in [3.05, 3.63) is 53.1 Å². The van der Waals surface area contributed by atoms with E-state index in [9.17, 15) is 18.0 Å². The predicted octanol–water partition coefficient (Wildman–Crippen LogP) is 5.17. The van der Waals surface area contributed by atoms with E-state index in [4.69, 9.17) is 0 Å². The maximum absolute atomic E-state index is 14.3. The number of aryl methyl sites for hydroxylation is 2. The number of carbonyl (C=O) groups is 2. The Bertz CT molecular complexity index is 1220. The zero-order valence-corrected chi connectivity index (χ0v) is 22.5. The molecule has 2 amide bonds. The Labute approximate surface area is 214 Å². The molecule has 0 radical (unpaired) electrons. The van der Waals surface area contributed by atoms with Crippen molar-refractivity contribution >= 4 is 33.2 Å². The van der Waals surface area contributed by atoms with Crippen molar-refractivity contribution in [1.82, 2.24) is 5.32 Å². The number of nitrogens with zero attached hydrogens (tertiary/aromatic N) is 1. The van der Waals surface area contributed by atoms with E-state index in [0.717, 1.165) is 48.4 Å². The highest BCUT2D eigenvalue weighted by atomic mass is 32.2. The van der Waals surface area contributed by atoms with Gasteiger partial charge < -0.3 is 10.6 Å². The van der Waals surface area contributed by atoms with Crippen LogP contribution in [-0.4, -0.2) is 32.3 Å². The Kier molecular flexibility index (Phi) is 7.73. The lowest BCUT2D eigenvalue weighted by atomic mass is 9.99. The van der Waals surface area contributed by atoms with Crippen LogP contribution in [0.4, 0.5) is 11.4 Å². The third-order valence-electron chi connectivity index (χ3n) is 7.25. The maximum Gasteiger partial charge on any atom is 0.265 e. The first-order valence-electron chi connectivity index (χ1n) is 12.9. The van der Waals surface area contributed by atoms with Gasteiger partial charge in [0.15, 0.2) is 0 Å². The van der Waals surface area contributed by atoms with E-state index in [1.165, 1.54) is 0 Å². The average Bonchev–Trinajstić information content (AvgIpc) is 3.07. The highest BCUT2D eigenvalue weighted by molar-refractivity contribution is 7.93. The van der Waals surface area contributed by atoms with Crippen LogP contribution in [0.3, 0.4) is 0 Å². The maximum atomic E-state index is 14.3. The number of fused-ring (bicyclic) bond motifs is 1. The summed E-state index contributed by atoms with van der Waals surface area (Å²) >= 11 is 0. The standard InChI is InChI=1S/C28H37N3O4S/c1-18(2)21-15-19(3)27(20(4)16-21)36(34,35)31-24-14-10-9-13-23(24)30-28(33)25(31)17-26(32)29-22-11-7-5-6-8-12-22/h9-10,13-16,18,22,25H,5-8,11-12,17H2,1-4H3,(H,29,32)(H,30,33). The van der Waals surface area contributed by atoms with Crippen molar-refractivity contribution in [2.45, 2.75) is 95.5 Å². The second kappa shape index (κ2) is 10.6. The van der Waals surface area contributed by atoms with Gasteiger partial charge >= 0.3 is 0 Å². The number of anilines is 2. The number of nitrogens with one attached hydrogen (secondary N) is 2. The Hall–Kier alpha value is -2.87. The Balaban J connectivity index is 1.73. The summed E-state index contributed by atoms with van der Waals surface area (Å²) in [4.78, 5) is 26.5. The molecule has 0 spiro atoms. The van der Waals surface area contributed by atoms with Gasteiger partial charge in [-0.25, -0.2) is 8.42 Å². The molecule has 7 nitrogen and oxygen atoms in total. The number of hydrogen-bond acceptors (Lipinski definition) is 4. The van der Waals surface area contributed by atoms with Gasteiger partial charge in [-0.1, -0.05) is 63.8 Å². The molecule has 194 valence electrons. The van der Waals surface area contributed by atoms with Crippen LogP contribution in [0.2, 0.25) is 0 Å². The summed E-state index contributed by atoms with van der Waals surface area (Å²) in [7, 11) is -4.15. The van der Waals surface area contributed by atoms with Crippen molar-refractivity contribution in [3.8, 4) is 0 Å².